The van der Waals surface area contributed by atoms with Gasteiger partial charge < -0.3 is 20.2 Å². The second kappa shape index (κ2) is 10.9. The van der Waals surface area contributed by atoms with Crippen LogP contribution in [0.15, 0.2) is 48.0 Å². The molecule has 2 aromatic carbocycles. The zero-order valence-corrected chi connectivity index (χ0v) is 22.9. The summed E-state index contributed by atoms with van der Waals surface area (Å²) in [6.45, 7) is 5.83. The van der Waals surface area contributed by atoms with E-state index in [1.165, 1.54) is 21.9 Å². The fraction of sp³-hybridized carbons (Fsp3) is 0.379. The maximum Gasteiger partial charge on any atom is 0.255 e. The van der Waals surface area contributed by atoms with Crippen molar-refractivity contribution in [2.24, 2.45) is 5.92 Å². The molecule has 3 atom stereocenters. The molecule has 3 aromatic rings. The lowest BCUT2D eigenvalue weighted by Gasteiger charge is -2.35. The van der Waals surface area contributed by atoms with Crippen LogP contribution in [-0.2, 0) is 22.7 Å². The highest BCUT2D eigenvalue weighted by atomic mass is 32.1. The van der Waals surface area contributed by atoms with E-state index < -0.39 is 35.8 Å². The molecule has 39 heavy (non-hydrogen) atoms. The fourth-order valence-corrected chi connectivity index (χ4v) is 6.27. The van der Waals surface area contributed by atoms with E-state index in [0.717, 1.165) is 21.7 Å². The Bertz CT molecular complexity index is 1410. The van der Waals surface area contributed by atoms with Crippen molar-refractivity contribution in [2.75, 3.05) is 6.54 Å². The normalized spacial score (nSPS) is 19.5. The number of hydrogen-bond acceptors (Lipinski definition) is 6. The number of nitrogens with zero attached hydrogens (tertiary/aromatic N) is 3. The molecule has 0 radical (unpaired) electrons. The summed E-state index contributed by atoms with van der Waals surface area (Å²) in [5, 5.41) is 13.3. The van der Waals surface area contributed by atoms with E-state index in [9.17, 15) is 23.9 Å². The van der Waals surface area contributed by atoms with E-state index in [0.29, 0.717) is 0 Å². The van der Waals surface area contributed by atoms with Crippen LogP contribution in [0.25, 0.3) is 10.4 Å². The first-order valence-electron chi connectivity index (χ1n) is 13.0. The summed E-state index contributed by atoms with van der Waals surface area (Å²) >= 11 is 1.57. The van der Waals surface area contributed by atoms with Crippen molar-refractivity contribution in [3.8, 4) is 10.4 Å². The van der Waals surface area contributed by atoms with Crippen molar-refractivity contribution in [1.82, 2.24) is 20.1 Å². The minimum atomic E-state index is -0.896. The molecule has 2 aliphatic heterocycles. The predicted octanol–water partition coefficient (Wildman–Crippen LogP) is 3.52. The Morgan fingerprint density at radius 2 is 1.95 bits per heavy atom. The number of likely N-dealkylation sites (tertiary alicyclic amines) is 1. The molecule has 0 aliphatic carbocycles. The molecule has 3 heterocycles. The van der Waals surface area contributed by atoms with Crippen molar-refractivity contribution >= 4 is 29.1 Å². The Hall–Kier alpha value is -3.63. The molecule has 0 bridgehead atoms. The van der Waals surface area contributed by atoms with Crippen LogP contribution in [0.5, 0.6) is 0 Å². The molecule has 0 saturated carbocycles. The topological polar surface area (TPSA) is 103 Å². The van der Waals surface area contributed by atoms with Gasteiger partial charge in [-0.2, -0.15) is 0 Å². The Morgan fingerprint density at radius 3 is 2.59 bits per heavy atom. The first-order chi connectivity index (χ1) is 18.7. The zero-order chi connectivity index (χ0) is 27.8. The quantitative estimate of drug-likeness (QED) is 0.469. The first-order valence-corrected chi connectivity index (χ1v) is 13.9. The maximum atomic E-state index is 14.4. The third-order valence-corrected chi connectivity index (χ3v) is 8.43. The van der Waals surface area contributed by atoms with E-state index >= 15 is 0 Å². The van der Waals surface area contributed by atoms with Gasteiger partial charge in [-0.3, -0.25) is 14.4 Å². The van der Waals surface area contributed by atoms with Crippen molar-refractivity contribution in [3.05, 3.63) is 76.2 Å². The zero-order valence-electron chi connectivity index (χ0n) is 22.1. The molecule has 5 rings (SSSR count). The number of β-amino-alcohol motifs (C(OH)–C–C–N with tert-alkyl or cyclic N) is 1. The number of thiazole rings is 1. The van der Waals surface area contributed by atoms with Gasteiger partial charge in [-0.05, 0) is 36.1 Å². The van der Waals surface area contributed by atoms with Gasteiger partial charge in [-0.1, -0.05) is 44.2 Å². The predicted molar refractivity (Wildman–Crippen MR) is 145 cm³/mol. The molecule has 8 nitrogen and oxygen atoms in total. The van der Waals surface area contributed by atoms with E-state index in [1.807, 2.05) is 50.5 Å². The Kier molecular flexibility index (Phi) is 7.51. The van der Waals surface area contributed by atoms with Gasteiger partial charge in [0.15, 0.2) is 0 Å². The van der Waals surface area contributed by atoms with Gasteiger partial charge in [0.25, 0.3) is 5.91 Å². The molecule has 1 fully saturated rings. The molecule has 2 aliphatic rings. The van der Waals surface area contributed by atoms with Crippen molar-refractivity contribution in [3.63, 3.8) is 0 Å². The van der Waals surface area contributed by atoms with Crippen LogP contribution in [0, 0.1) is 18.7 Å². The summed E-state index contributed by atoms with van der Waals surface area (Å²) < 4.78 is 14.4. The number of aliphatic hydroxyl groups excluding tert-OH is 1. The average molecular weight is 551 g/mol. The summed E-state index contributed by atoms with van der Waals surface area (Å²) in [5.41, 5.74) is 5.25. The number of carbonyl (C=O) groups is 3. The standard InChI is InChI=1S/C29H31FN4O4S/c1-16(2)25(34-14-22-21(28(34)37)5-4-6-23(22)30)29(38)33-13-20(35)11-24(33)27(36)31-12-18-7-9-19(10-8-18)26-17(3)32-15-39-26/h4-10,15-16,20,24-25,35H,11-14H2,1-3H3,(H,31,36)/t20-,24+,25?/m1/s1. The van der Waals surface area contributed by atoms with Crippen molar-refractivity contribution in [2.45, 2.75) is 58.5 Å². The third kappa shape index (κ3) is 5.18. The lowest BCUT2D eigenvalue weighted by atomic mass is 10.0. The van der Waals surface area contributed by atoms with Crippen LogP contribution >= 0.6 is 11.3 Å². The highest BCUT2D eigenvalue weighted by molar-refractivity contribution is 7.13. The number of benzene rings is 2. The Labute approximate surface area is 230 Å². The second-order valence-corrected chi connectivity index (χ2v) is 11.3. The molecular weight excluding hydrogens is 519 g/mol. The van der Waals surface area contributed by atoms with E-state index in [1.54, 1.807) is 17.4 Å². The van der Waals surface area contributed by atoms with Gasteiger partial charge in [0.1, 0.15) is 17.9 Å². The minimum absolute atomic E-state index is 0.00756. The Morgan fingerprint density at radius 1 is 1.21 bits per heavy atom. The number of aryl methyl sites for hydroxylation is 1. The number of amides is 3. The summed E-state index contributed by atoms with van der Waals surface area (Å²) in [6.07, 6.45) is -0.752. The summed E-state index contributed by atoms with van der Waals surface area (Å²) in [4.78, 5) is 48.3. The summed E-state index contributed by atoms with van der Waals surface area (Å²) in [5.74, 6) is -1.97. The van der Waals surface area contributed by atoms with Gasteiger partial charge >= 0.3 is 0 Å². The lowest BCUT2D eigenvalue weighted by molar-refractivity contribution is -0.143. The molecule has 1 aromatic heterocycles. The van der Waals surface area contributed by atoms with Crippen LogP contribution in [0.3, 0.4) is 0 Å². The molecule has 204 valence electrons. The van der Waals surface area contributed by atoms with E-state index in [4.69, 9.17) is 0 Å². The van der Waals surface area contributed by atoms with Gasteiger partial charge in [0.05, 0.1) is 28.7 Å². The average Bonchev–Trinajstić information content (AvgIpc) is 3.61. The van der Waals surface area contributed by atoms with Crippen LogP contribution in [0.1, 0.15) is 47.4 Å². The van der Waals surface area contributed by atoms with Crippen molar-refractivity contribution in [1.29, 1.82) is 0 Å². The van der Waals surface area contributed by atoms with Gasteiger partial charge in [-0.15, -0.1) is 11.3 Å². The largest absolute Gasteiger partial charge is 0.391 e. The number of nitrogens with one attached hydrogen (secondary N) is 1. The number of fused-ring (bicyclic) bond motifs is 1. The van der Waals surface area contributed by atoms with Crippen molar-refractivity contribution < 1.29 is 23.9 Å². The number of rotatable bonds is 7. The number of aliphatic hydroxyl groups is 1. The molecular formula is C29H31FN4O4S. The van der Waals surface area contributed by atoms with Crippen LogP contribution in [0.2, 0.25) is 0 Å². The first kappa shape index (κ1) is 27.0. The number of hydrogen-bond donors (Lipinski definition) is 2. The lowest BCUT2D eigenvalue weighted by Crippen LogP contribution is -2.55. The highest BCUT2D eigenvalue weighted by Gasteiger charge is 2.46. The van der Waals surface area contributed by atoms with Crippen LogP contribution in [-0.4, -0.2) is 62.3 Å². The van der Waals surface area contributed by atoms with Gasteiger partial charge in [0, 0.05) is 30.6 Å². The molecule has 0 spiro atoms. The van der Waals surface area contributed by atoms with Gasteiger partial charge in [0.2, 0.25) is 11.8 Å². The molecule has 1 unspecified atom stereocenters. The number of halogens is 1. The SMILES string of the molecule is Cc1ncsc1-c1ccc(CNC(=O)[C@@H]2C[C@@H](O)CN2C(=O)C(C(C)C)N2Cc3c(F)cccc3C2=O)cc1. The maximum absolute atomic E-state index is 14.4. The molecule has 3 amide bonds. The summed E-state index contributed by atoms with van der Waals surface area (Å²) in [6, 6.07) is 10.4. The number of carbonyl (C=O) groups excluding carboxylic acids is 3. The van der Waals surface area contributed by atoms with Crippen LogP contribution in [0.4, 0.5) is 4.39 Å². The molecule has 10 heteroatoms. The number of aromatic nitrogens is 1. The minimum Gasteiger partial charge on any atom is -0.391 e. The third-order valence-electron chi connectivity index (χ3n) is 7.45. The highest BCUT2D eigenvalue weighted by Crippen LogP contribution is 2.31. The van der Waals surface area contributed by atoms with Crippen LogP contribution < -0.4 is 5.32 Å². The van der Waals surface area contributed by atoms with E-state index in [2.05, 4.69) is 10.3 Å². The Balaban J connectivity index is 1.28. The smallest absolute Gasteiger partial charge is 0.255 e. The summed E-state index contributed by atoms with van der Waals surface area (Å²) in [7, 11) is 0. The fourth-order valence-electron chi connectivity index (χ4n) is 5.46. The van der Waals surface area contributed by atoms with E-state index in [-0.39, 0.29) is 49.0 Å². The molecule has 1 saturated heterocycles. The monoisotopic (exact) mass is 550 g/mol. The second-order valence-electron chi connectivity index (χ2n) is 10.5. The van der Waals surface area contributed by atoms with Gasteiger partial charge in [-0.25, -0.2) is 9.37 Å². The molecule has 2 N–H and O–H groups in total.